The molecule has 0 atom stereocenters. The van der Waals surface area contributed by atoms with E-state index in [0.29, 0.717) is 17.9 Å². The normalized spacial score (nSPS) is 11.2. The zero-order valence-corrected chi connectivity index (χ0v) is 21.6. The van der Waals surface area contributed by atoms with Crippen molar-refractivity contribution >= 4 is 77.5 Å². The van der Waals surface area contributed by atoms with E-state index in [1.807, 2.05) is 24.3 Å². The molecular weight excluding hydrogens is 658 g/mol. The quantitative estimate of drug-likeness (QED) is 0.136. The van der Waals surface area contributed by atoms with Crippen LogP contribution in [0.1, 0.15) is 21.7 Å². The number of rotatable bonds is 6. The fourth-order valence-corrected chi connectivity index (χ4v) is 5.02. The van der Waals surface area contributed by atoms with Gasteiger partial charge in [-0.1, -0.05) is 28.1 Å². The average Bonchev–Trinajstić information content (AvgIpc) is 3.18. The van der Waals surface area contributed by atoms with Crippen molar-refractivity contribution in [3.05, 3.63) is 95.9 Å². The first-order valence-electron chi connectivity index (χ1n) is 9.28. The lowest BCUT2D eigenvalue weighted by atomic mass is 10.2. The minimum atomic E-state index is -0.443. The Morgan fingerprint density at radius 3 is 2.66 bits per heavy atom. The molecule has 9 heteroatoms. The first-order chi connectivity index (χ1) is 15.4. The molecule has 0 aliphatic rings. The molecule has 162 valence electrons. The van der Waals surface area contributed by atoms with Crippen LogP contribution in [0.5, 0.6) is 5.75 Å². The molecule has 4 rings (SSSR count). The zero-order valence-electron chi connectivity index (χ0n) is 16.2. The molecule has 0 fully saturated rings. The Bertz CT molecular complexity index is 1300. The molecule has 1 aromatic heterocycles. The van der Waals surface area contributed by atoms with Crippen LogP contribution in [-0.4, -0.2) is 12.1 Å². The lowest BCUT2D eigenvalue weighted by molar-refractivity contribution is 0.0929. The summed E-state index contributed by atoms with van der Waals surface area (Å²) in [5.74, 6) is 0.121. The SMILES string of the molecule is O=C(N/N=C/c1cc(Br)c(OCc2ccc(F)cc2)c(I)c1)c1cc2cc(Br)ccc2o1. The fourth-order valence-electron chi connectivity index (χ4n) is 2.87. The predicted molar refractivity (Wildman–Crippen MR) is 137 cm³/mol. The van der Waals surface area contributed by atoms with Gasteiger partial charge in [-0.15, -0.1) is 0 Å². The van der Waals surface area contributed by atoms with Gasteiger partial charge in [0.15, 0.2) is 5.76 Å². The zero-order chi connectivity index (χ0) is 22.7. The maximum atomic E-state index is 13.0. The van der Waals surface area contributed by atoms with Gasteiger partial charge < -0.3 is 9.15 Å². The molecule has 1 amide bonds. The van der Waals surface area contributed by atoms with Crippen LogP contribution >= 0.6 is 54.5 Å². The summed E-state index contributed by atoms with van der Waals surface area (Å²) < 4.78 is 27.0. The van der Waals surface area contributed by atoms with E-state index in [2.05, 4.69) is 65.0 Å². The summed E-state index contributed by atoms with van der Waals surface area (Å²) in [6, 6.07) is 17.0. The second-order valence-corrected chi connectivity index (χ2v) is 9.65. The number of nitrogens with zero attached hydrogens (tertiary/aromatic N) is 1. The van der Waals surface area contributed by atoms with Crippen LogP contribution in [0, 0.1) is 9.39 Å². The van der Waals surface area contributed by atoms with E-state index < -0.39 is 5.91 Å². The number of ether oxygens (including phenoxy) is 1. The number of halogens is 4. The van der Waals surface area contributed by atoms with Crippen molar-refractivity contribution in [3.63, 3.8) is 0 Å². The number of hydrogen-bond acceptors (Lipinski definition) is 4. The first-order valence-corrected chi connectivity index (χ1v) is 11.9. The van der Waals surface area contributed by atoms with E-state index in [0.717, 1.165) is 29.0 Å². The molecule has 0 bridgehead atoms. The molecule has 0 spiro atoms. The molecule has 0 aliphatic carbocycles. The van der Waals surface area contributed by atoms with Crippen LogP contribution in [0.25, 0.3) is 11.0 Å². The minimum Gasteiger partial charge on any atom is -0.487 e. The molecule has 4 aromatic rings. The number of hydrazone groups is 1. The highest BCUT2D eigenvalue weighted by Gasteiger charge is 2.12. The Balaban J connectivity index is 1.41. The van der Waals surface area contributed by atoms with Crippen LogP contribution in [0.4, 0.5) is 4.39 Å². The number of amides is 1. The third kappa shape index (κ3) is 5.57. The summed E-state index contributed by atoms with van der Waals surface area (Å²) in [6.45, 7) is 0.312. The van der Waals surface area contributed by atoms with E-state index in [-0.39, 0.29) is 11.6 Å². The van der Waals surface area contributed by atoms with Crippen LogP contribution < -0.4 is 10.2 Å². The third-order valence-corrected chi connectivity index (χ3v) is 6.28. The Kier molecular flexibility index (Phi) is 7.27. The third-order valence-electron chi connectivity index (χ3n) is 4.40. The second-order valence-electron chi connectivity index (χ2n) is 6.72. The number of furan rings is 1. The smallest absolute Gasteiger partial charge is 0.307 e. The van der Waals surface area contributed by atoms with Crippen LogP contribution in [0.3, 0.4) is 0 Å². The molecular formula is C23H14Br2FIN2O3. The van der Waals surface area contributed by atoms with E-state index in [4.69, 9.17) is 9.15 Å². The molecule has 1 heterocycles. The molecule has 32 heavy (non-hydrogen) atoms. The van der Waals surface area contributed by atoms with Crippen molar-refractivity contribution in [1.82, 2.24) is 5.43 Å². The van der Waals surface area contributed by atoms with Gasteiger partial charge in [0.25, 0.3) is 0 Å². The van der Waals surface area contributed by atoms with Gasteiger partial charge in [0.05, 0.1) is 14.3 Å². The van der Waals surface area contributed by atoms with Gasteiger partial charge in [-0.2, -0.15) is 5.10 Å². The van der Waals surface area contributed by atoms with Crippen LogP contribution in [0.2, 0.25) is 0 Å². The summed E-state index contributed by atoms with van der Waals surface area (Å²) in [5, 5.41) is 4.85. The van der Waals surface area contributed by atoms with Gasteiger partial charge in [0.1, 0.15) is 23.8 Å². The Labute approximate surface area is 213 Å². The van der Waals surface area contributed by atoms with Crippen LogP contribution in [-0.2, 0) is 6.61 Å². The van der Waals surface area contributed by atoms with Crippen molar-refractivity contribution in [3.8, 4) is 5.75 Å². The lowest BCUT2D eigenvalue weighted by Gasteiger charge is -2.11. The molecule has 0 radical (unpaired) electrons. The molecule has 0 saturated carbocycles. The maximum absolute atomic E-state index is 13.0. The number of benzene rings is 3. The van der Waals surface area contributed by atoms with E-state index >= 15 is 0 Å². The van der Waals surface area contributed by atoms with Crippen molar-refractivity contribution < 1.29 is 18.3 Å². The van der Waals surface area contributed by atoms with E-state index in [1.165, 1.54) is 18.3 Å². The van der Waals surface area contributed by atoms with Crippen molar-refractivity contribution in [2.75, 3.05) is 0 Å². The largest absolute Gasteiger partial charge is 0.487 e. The summed E-state index contributed by atoms with van der Waals surface area (Å²) in [5.41, 5.74) is 4.72. The monoisotopic (exact) mass is 670 g/mol. The van der Waals surface area contributed by atoms with E-state index in [1.54, 1.807) is 24.3 Å². The summed E-state index contributed by atoms with van der Waals surface area (Å²) in [7, 11) is 0. The Hall–Kier alpha value is -2.24. The van der Waals surface area contributed by atoms with Gasteiger partial charge in [-0.25, -0.2) is 9.82 Å². The van der Waals surface area contributed by atoms with Gasteiger partial charge in [-0.3, -0.25) is 4.79 Å². The highest BCUT2D eigenvalue weighted by atomic mass is 127. The van der Waals surface area contributed by atoms with Gasteiger partial charge in [-0.05, 0) is 98.2 Å². The topological polar surface area (TPSA) is 63.8 Å². The molecule has 5 nitrogen and oxygen atoms in total. The average molecular weight is 672 g/mol. The minimum absolute atomic E-state index is 0.176. The Morgan fingerprint density at radius 1 is 1.12 bits per heavy atom. The molecule has 0 saturated heterocycles. The number of hydrogen-bond donors (Lipinski definition) is 1. The number of fused-ring (bicyclic) bond motifs is 1. The van der Waals surface area contributed by atoms with E-state index in [9.17, 15) is 9.18 Å². The number of carbonyl (C=O) groups is 1. The van der Waals surface area contributed by atoms with Crippen molar-refractivity contribution in [1.29, 1.82) is 0 Å². The summed E-state index contributed by atoms with van der Waals surface area (Å²) in [4.78, 5) is 12.3. The first kappa shape index (κ1) is 22.9. The Morgan fingerprint density at radius 2 is 1.91 bits per heavy atom. The van der Waals surface area contributed by atoms with Crippen LogP contribution in [0.15, 0.2) is 79.1 Å². The van der Waals surface area contributed by atoms with Gasteiger partial charge in [0, 0.05) is 9.86 Å². The van der Waals surface area contributed by atoms with Gasteiger partial charge in [0.2, 0.25) is 0 Å². The highest BCUT2D eigenvalue weighted by molar-refractivity contribution is 14.1. The molecule has 1 N–H and O–H groups in total. The molecule has 0 unspecified atom stereocenters. The predicted octanol–water partition coefficient (Wildman–Crippen LogP) is 7.04. The summed E-state index contributed by atoms with van der Waals surface area (Å²) >= 11 is 9.06. The lowest BCUT2D eigenvalue weighted by Crippen LogP contribution is -2.16. The maximum Gasteiger partial charge on any atom is 0.307 e. The summed E-state index contributed by atoms with van der Waals surface area (Å²) in [6.07, 6.45) is 1.54. The second kappa shape index (κ2) is 10.1. The van der Waals surface area contributed by atoms with Gasteiger partial charge >= 0.3 is 5.91 Å². The number of nitrogens with one attached hydrogen (secondary N) is 1. The molecule has 3 aromatic carbocycles. The highest BCUT2D eigenvalue weighted by Crippen LogP contribution is 2.32. The van der Waals surface area contributed by atoms with Crippen molar-refractivity contribution in [2.24, 2.45) is 5.10 Å². The fraction of sp³-hybridized carbons (Fsp3) is 0.0435. The number of carbonyl (C=O) groups excluding carboxylic acids is 1. The standard InChI is InChI=1S/C23H14Br2FIN2O3/c24-16-3-6-20-15(9-16)10-21(32-20)23(30)29-28-11-14-7-18(25)22(19(27)8-14)31-12-13-1-4-17(26)5-2-13/h1-11H,12H2,(H,29,30)/b28-11+. The van der Waals surface area contributed by atoms with Crippen molar-refractivity contribution in [2.45, 2.75) is 6.61 Å². The molecule has 0 aliphatic heterocycles.